The minimum Gasteiger partial charge on any atom is -0.355 e. The molecule has 0 saturated carbocycles. The van der Waals surface area contributed by atoms with Crippen LogP contribution in [0.1, 0.15) is 32.6 Å². The number of benzene rings is 1. The molecule has 24 heavy (non-hydrogen) atoms. The summed E-state index contributed by atoms with van der Waals surface area (Å²) < 4.78 is 0. The molecule has 0 bridgehead atoms. The van der Waals surface area contributed by atoms with Gasteiger partial charge in [0.25, 0.3) is 0 Å². The number of carbonyl (C=O) groups excluding carboxylic acids is 1. The van der Waals surface area contributed by atoms with Crippen molar-refractivity contribution in [3.8, 4) is 0 Å². The molecule has 1 aromatic carbocycles. The van der Waals surface area contributed by atoms with Gasteiger partial charge in [0.2, 0.25) is 5.91 Å². The molecule has 1 aromatic heterocycles. The third-order valence-electron chi connectivity index (χ3n) is 5.71. The van der Waals surface area contributed by atoms with Gasteiger partial charge in [0, 0.05) is 32.6 Å². The van der Waals surface area contributed by atoms with Crippen LogP contribution in [0.25, 0.3) is 11.0 Å². The third kappa shape index (κ3) is 2.72. The fourth-order valence-electron chi connectivity index (χ4n) is 4.11. The number of rotatable bonds is 2. The first kappa shape index (κ1) is 15.4. The molecule has 5 nitrogen and oxygen atoms in total. The minimum absolute atomic E-state index is 0.310. The van der Waals surface area contributed by atoms with E-state index in [1.807, 2.05) is 35.4 Å². The fraction of sp³-hybridized carbons (Fsp3) is 0.526. The second-order valence-corrected chi connectivity index (χ2v) is 7.11. The first-order valence-corrected chi connectivity index (χ1v) is 8.94. The van der Waals surface area contributed by atoms with Gasteiger partial charge in [0.15, 0.2) is 0 Å². The summed E-state index contributed by atoms with van der Waals surface area (Å²) in [5.74, 6) is 1.30. The molecule has 2 aromatic rings. The Morgan fingerprint density at radius 3 is 2.62 bits per heavy atom. The van der Waals surface area contributed by atoms with Crippen molar-refractivity contribution in [1.29, 1.82) is 0 Å². The highest BCUT2D eigenvalue weighted by molar-refractivity contribution is 5.77. The first-order valence-electron chi connectivity index (χ1n) is 8.94. The Morgan fingerprint density at radius 1 is 1.12 bits per heavy atom. The average Bonchev–Trinajstić information content (AvgIpc) is 2.64. The van der Waals surface area contributed by atoms with Crippen molar-refractivity contribution in [3.05, 3.63) is 30.5 Å². The molecule has 0 N–H and O–H groups in total. The Morgan fingerprint density at radius 2 is 1.88 bits per heavy atom. The summed E-state index contributed by atoms with van der Waals surface area (Å²) in [5.41, 5.74) is 2.21. The number of hydrogen-bond acceptors (Lipinski definition) is 4. The summed E-state index contributed by atoms with van der Waals surface area (Å²) >= 11 is 0. The molecule has 0 radical (unpaired) electrons. The van der Waals surface area contributed by atoms with Crippen molar-refractivity contribution in [2.24, 2.45) is 5.41 Å². The summed E-state index contributed by atoms with van der Waals surface area (Å²) in [7, 11) is 0. The summed E-state index contributed by atoms with van der Waals surface area (Å²) in [6.07, 6.45) is 5.91. The number of fused-ring (bicyclic) bond motifs is 1. The number of amides is 1. The van der Waals surface area contributed by atoms with E-state index in [0.29, 0.717) is 17.7 Å². The van der Waals surface area contributed by atoms with Gasteiger partial charge in [-0.3, -0.25) is 9.78 Å². The molecule has 2 aliphatic rings. The van der Waals surface area contributed by atoms with Crippen molar-refractivity contribution in [1.82, 2.24) is 14.9 Å². The lowest BCUT2D eigenvalue weighted by Gasteiger charge is -2.47. The van der Waals surface area contributed by atoms with Crippen molar-refractivity contribution < 1.29 is 4.79 Å². The van der Waals surface area contributed by atoms with Crippen LogP contribution < -0.4 is 4.90 Å². The summed E-state index contributed by atoms with van der Waals surface area (Å²) in [6, 6.07) is 8.01. The third-order valence-corrected chi connectivity index (χ3v) is 5.71. The summed E-state index contributed by atoms with van der Waals surface area (Å²) in [5, 5.41) is 0. The van der Waals surface area contributed by atoms with E-state index >= 15 is 0 Å². The van der Waals surface area contributed by atoms with Gasteiger partial charge in [-0.2, -0.15) is 0 Å². The Kier molecular flexibility index (Phi) is 3.87. The Hall–Kier alpha value is -2.17. The van der Waals surface area contributed by atoms with Crippen LogP contribution in [-0.2, 0) is 4.79 Å². The van der Waals surface area contributed by atoms with E-state index in [2.05, 4.69) is 16.8 Å². The predicted octanol–water partition coefficient (Wildman–Crippen LogP) is 2.86. The monoisotopic (exact) mass is 324 g/mol. The van der Waals surface area contributed by atoms with Gasteiger partial charge < -0.3 is 9.80 Å². The molecular formula is C19H24N4O. The van der Waals surface area contributed by atoms with Crippen LogP contribution in [0.4, 0.5) is 5.82 Å². The number of aromatic nitrogens is 2. The Balaban J connectivity index is 1.48. The maximum atomic E-state index is 12.0. The van der Waals surface area contributed by atoms with Gasteiger partial charge in [-0.15, -0.1) is 0 Å². The average molecular weight is 324 g/mol. The molecule has 0 unspecified atom stereocenters. The van der Waals surface area contributed by atoms with E-state index in [4.69, 9.17) is 4.98 Å². The second kappa shape index (κ2) is 6.04. The Labute approximate surface area is 142 Å². The predicted molar refractivity (Wildman–Crippen MR) is 94.9 cm³/mol. The second-order valence-electron chi connectivity index (χ2n) is 7.11. The zero-order valence-electron chi connectivity index (χ0n) is 14.2. The number of piperidine rings is 2. The van der Waals surface area contributed by atoms with E-state index in [0.717, 1.165) is 62.3 Å². The van der Waals surface area contributed by atoms with Crippen molar-refractivity contribution in [2.75, 3.05) is 31.1 Å². The van der Waals surface area contributed by atoms with Crippen molar-refractivity contribution >= 4 is 22.8 Å². The van der Waals surface area contributed by atoms with Crippen molar-refractivity contribution in [3.63, 3.8) is 0 Å². The van der Waals surface area contributed by atoms with Gasteiger partial charge in [0.05, 0.1) is 17.2 Å². The molecule has 2 saturated heterocycles. The lowest BCUT2D eigenvalue weighted by molar-refractivity contribution is -0.137. The maximum absolute atomic E-state index is 12.0. The lowest BCUT2D eigenvalue weighted by Crippen LogP contribution is -2.51. The number of anilines is 1. The van der Waals surface area contributed by atoms with Crippen LogP contribution in [0.2, 0.25) is 0 Å². The fourth-order valence-corrected chi connectivity index (χ4v) is 4.11. The van der Waals surface area contributed by atoms with E-state index < -0.39 is 0 Å². The van der Waals surface area contributed by atoms with E-state index in [-0.39, 0.29) is 0 Å². The molecule has 0 aliphatic carbocycles. The molecule has 4 rings (SSSR count). The highest BCUT2D eigenvalue weighted by Crippen LogP contribution is 2.40. The normalized spacial score (nSPS) is 20.8. The maximum Gasteiger partial charge on any atom is 0.222 e. The molecule has 5 heteroatoms. The first-order chi connectivity index (χ1) is 11.7. The zero-order chi connectivity index (χ0) is 16.6. The molecular weight excluding hydrogens is 300 g/mol. The standard InChI is InChI=1S/C19H24N4O/c1-2-22-14-19(8-7-18(22)24)9-11-23(12-10-19)17-13-20-15-5-3-4-6-16(15)21-17/h3-6,13H,2,7-12,14H2,1H3. The van der Waals surface area contributed by atoms with E-state index in [1.165, 1.54) is 0 Å². The quantitative estimate of drug-likeness (QED) is 0.852. The van der Waals surface area contributed by atoms with Crippen LogP contribution in [0.15, 0.2) is 30.5 Å². The zero-order valence-corrected chi connectivity index (χ0v) is 14.2. The molecule has 126 valence electrons. The van der Waals surface area contributed by atoms with E-state index in [1.54, 1.807) is 0 Å². The van der Waals surface area contributed by atoms with Gasteiger partial charge in [-0.1, -0.05) is 12.1 Å². The summed E-state index contributed by atoms with van der Waals surface area (Å²) in [6.45, 7) is 5.84. The molecule has 2 aliphatic heterocycles. The number of carbonyl (C=O) groups is 1. The van der Waals surface area contributed by atoms with Gasteiger partial charge in [-0.25, -0.2) is 4.98 Å². The van der Waals surface area contributed by atoms with E-state index in [9.17, 15) is 4.79 Å². The molecule has 3 heterocycles. The Bertz CT molecular complexity index is 752. The van der Waals surface area contributed by atoms with Gasteiger partial charge in [-0.05, 0) is 43.7 Å². The molecule has 1 spiro atoms. The van der Waals surface area contributed by atoms with Gasteiger partial charge in [0.1, 0.15) is 5.82 Å². The van der Waals surface area contributed by atoms with Gasteiger partial charge >= 0.3 is 0 Å². The van der Waals surface area contributed by atoms with Crippen LogP contribution in [0, 0.1) is 5.41 Å². The molecule has 2 fully saturated rings. The largest absolute Gasteiger partial charge is 0.355 e. The minimum atomic E-state index is 0.310. The van der Waals surface area contributed by atoms with Crippen LogP contribution in [0.5, 0.6) is 0 Å². The SMILES string of the molecule is CCN1CC2(CCC1=O)CCN(c1cnc3ccccc3n1)CC2. The number of nitrogens with zero attached hydrogens (tertiary/aromatic N) is 4. The lowest BCUT2D eigenvalue weighted by atomic mass is 9.72. The number of hydrogen-bond donors (Lipinski definition) is 0. The topological polar surface area (TPSA) is 49.3 Å². The molecule has 1 amide bonds. The highest BCUT2D eigenvalue weighted by atomic mass is 16.2. The molecule has 0 atom stereocenters. The van der Waals surface area contributed by atoms with Crippen LogP contribution in [-0.4, -0.2) is 47.0 Å². The van der Waals surface area contributed by atoms with Crippen molar-refractivity contribution in [2.45, 2.75) is 32.6 Å². The smallest absolute Gasteiger partial charge is 0.222 e. The number of para-hydroxylation sites is 2. The van der Waals surface area contributed by atoms with Crippen LogP contribution >= 0.6 is 0 Å². The number of likely N-dealkylation sites (tertiary alicyclic amines) is 1. The van der Waals surface area contributed by atoms with Crippen LogP contribution in [0.3, 0.4) is 0 Å². The highest BCUT2D eigenvalue weighted by Gasteiger charge is 2.40. The summed E-state index contributed by atoms with van der Waals surface area (Å²) in [4.78, 5) is 25.7.